The van der Waals surface area contributed by atoms with E-state index in [0.29, 0.717) is 17.5 Å². The maximum Gasteiger partial charge on any atom is 0.197 e. The molecule has 3 aromatic rings. The third kappa shape index (κ3) is 1.90. The lowest BCUT2D eigenvalue weighted by atomic mass is 10.2. The number of H-pyrrole nitrogens is 1. The minimum atomic E-state index is 0.544. The molecule has 2 aromatic heterocycles. The summed E-state index contributed by atoms with van der Waals surface area (Å²) < 4.78 is 0. The quantitative estimate of drug-likeness (QED) is 0.720. The van der Waals surface area contributed by atoms with Crippen LogP contribution < -0.4 is 0 Å². The molecule has 5 nitrogen and oxygen atoms in total. The van der Waals surface area contributed by atoms with Crippen LogP contribution in [-0.4, -0.2) is 25.1 Å². The highest BCUT2D eigenvalue weighted by atomic mass is 15.2. The Morgan fingerprint density at radius 2 is 1.59 bits per heavy atom. The van der Waals surface area contributed by atoms with Gasteiger partial charge in [-0.2, -0.15) is 5.10 Å². The number of nitrogens with one attached hydrogen (secondary N) is 1. The van der Waals surface area contributed by atoms with Gasteiger partial charge in [-0.15, -0.1) is 0 Å². The largest absolute Gasteiger partial charge is 0.256 e. The molecule has 0 saturated carbocycles. The van der Waals surface area contributed by atoms with E-state index >= 15 is 0 Å². The van der Waals surface area contributed by atoms with Crippen molar-refractivity contribution in [2.24, 2.45) is 0 Å². The molecule has 0 unspecified atom stereocenters. The monoisotopic (exact) mass is 223 g/mol. The van der Waals surface area contributed by atoms with Gasteiger partial charge in [-0.05, 0) is 6.07 Å². The topological polar surface area (TPSA) is 67.3 Å². The Kier molecular flexibility index (Phi) is 2.34. The summed E-state index contributed by atoms with van der Waals surface area (Å²) in [6.07, 6.45) is 3.35. The zero-order valence-electron chi connectivity index (χ0n) is 8.91. The first kappa shape index (κ1) is 9.65. The minimum absolute atomic E-state index is 0.544. The van der Waals surface area contributed by atoms with E-state index in [-0.39, 0.29) is 0 Å². The van der Waals surface area contributed by atoms with Gasteiger partial charge < -0.3 is 0 Å². The Hall–Kier alpha value is -2.56. The van der Waals surface area contributed by atoms with Gasteiger partial charge in [0.25, 0.3) is 0 Å². The first-order valence-electron chi connectivity index (χ1n) is 5.19. The average Bonchev–Trinajstić information content (AvgIpc) is 2.90. The molecule has 5 heteroatoms. The lowest BCUT2D eigenvalue weighted by Gasteiger charge is -1.92. The number of benzene rings is 1. The highest BCUT2D eigenvalue weighted by Gasteiger charge is 2.08. The van der Waals surface area contributed by atoms with Crippen LogP contribution >= 0.6 is 0 Å². The summed E-state index contributed by atoms with van der Waals surface area (Å²) in [5.41, 5.74) is 0.964. The van der Waals surface area contributed by atoms with Gasteiger partial charge in [0.2, 0.25) is 0 Å². The van der Waals surface area contributed by atoms with Gasteiger partial charge in [0.15, 0.2) is 17.5 Å². The second kappa shape index (κ2) is 4.13. The molecule has 0 fully saturated rings. The fourth-order valence-corrected chi connectivity index (χ4v) is 1.50. The van der Waals surface area contributed by atoms with Crippen LogP contribution in [0.1, 0.15) is 0 Å². The Balaban J connectivity index is 1.99. The molecule has 82 valence electrons. The van der Waals surface area contributed by atoms with Crippen molar-refractivity contribution in [1.82, 2.24) is 25.1 Å². The van der Waals surface area contributed by atoms with E-state index in [1.54, 1.807) is 18.5 Å². The lowest BCUT2D eigenvalue weighted by Crippen LogP contribution is -1.88. The Bertz CT molecular complexity index is 549. The second-order valence-electron chi connectivity index (χ2n) is 3.45. The first-order valence-corrected chi connectivity index (χ1v) is 5.19. The highest BCUT2D eigenvalue weighted by Crippen LogP contribution is 2.16. The van der Waals surface area contributed by atoms with E-state index in [0.717, 1.165) is 5.56 Å². The van der Waals surface area contributed by atoms with Crippen molar-refractivity contribution in [3.63, 3.8) is 0 Å². The van der Waals surface area contributed by atoms with E-state index in [2.05, 4.69) is 25.1 Å². The van der Waals surface area contributed by atoms with Crippen molar-refractivity contribution in [3.8, 4) is 23.0 Å². The summed E-state index contributed by atoms with van der Waals surface area (Å²) in [7, 11) is 0. The number of hydrogen-bond acceptors (Lipinski definition) is 4. The van der Waals surface area contributed by atoms with Crippen LogP contribution in [0.2, 0.25) is 0 Å². The Morgan fingerprint density at radius 3 is 2.35 bits per heavy atom. The predicted molar refractivity (Wildman–Crippen MR) is 62.8 cm³/mol. The molecule has 0 spiro atoms. The smallest absolute Gasteiger partial charge is 0.197 e. The molecule has 0 amide bonds. The first-order chi connectivity index (χ1) is 8.43. The van der Waals surface area contributed by atoms with Gasteiger partial charge in [0, 0.05) is 18.0 Å². The van der Waals surface area contributed by atoms with Crippen LogP contribution in [0, 0.1) is 0 Å². The zero-order chi connectivity index (χ0) is 11.5. The summed E-state index contributed by atoms with van der Waals surface area (Å²) in [5.74, 6) is 1.76. The van der Waals surface area contributed by atoms with Crippen molar-refractivity contribution >= 4 is 0 Å². The van der Waals surface area contributed by atoms with Gasteiger partial charge in [0.1, 0.15) is 0 Å². The van der Waals surface area contributed by atoms with Crippen LogP contribution in [0.5, 0.6) is 0 Å². The predicted octanol–water partition coefficient (Wildman–Crippen LogP) is 1.93. The number of aromatic amines is 1. The summed E-state index contributed by atoms with van der Waals surface area (Å²) in [6.45, 7) is 0. The Morgan fingerprint density at radius 1 is 0.824 bits per heavy atom. The molecule has 0 atom stereocenters. The zero-order valence-corrected chi connectivity index (χ0v) is 8.91. The van der Waals surface area contributed by atoms with Crippen LogP contribution in [0.3, 0.4) is 0 Å². The summed E-state index contributed by atoms with van der Waals surface area (Å²) in [5, 5.41) is 6.98. The average molecular weight is 223 g/mol. The second-order valence-corrected chi connectivity index (χ2v) is 3.45. The Labute approximate surface area is 97.6 Å². The molecule has 0 aliphatic rings. The molecule has 0 saturated heterocycles. The molecule has 0 bridgehead atoms. The highest BCUT2D eigenvalue weighted by molar-refractivity contribution is 5.57. The molecular formula is C12H9N5. The summed E-state index contributed by atoms with van der Waals surface area (Å²) in [4.78, 5) is 12.6. The van der Waals surface area contributed by atoms with E-state index in [1.807, 2.05) is 30.3 Å². The van der Waals surface area contributed by atoms with E-state index in [1.165, 1.54) is 0 Å². The van der Waals surface area contributed by atoms with E-state index in [4.69, 9.17) is 0 Å². The SMILES string of the molecule is c1ccc(-c2n[nH]c(-c3ncccn3)n2)cc1. The van der Waals surface area contributed by atoms with Crippen molar-refractivity contribution in [2.45, 2.75) is 0 Å². The normalized spacial score (nSPS) is 10.4. The van der Waals surface area contributed by atoms with Crippen LogP contribution in [0.15, 0.2) is 48.8 Å². The van der Waals surface area contributed by atoms with Gasteiger partial charge in [-0.3, -0.25) is 5.10 Å². The maximum absolute atomic E-state index is 4.36. The third-order valence-corrected chi connectivity index (χ3v) is 2.29. The molecule has 0 radical (unpaired) electrons. The van der Waals surface area contributed by atoms with Gasteiger partial charge in [-0.1, -0.05) is 30.3 Å². The van der Waals surface area contributed by atoms with Crippen LogP contribution in [-0.2, 0) is 0 Å². The van der Waals surface area contributed by atoms with Crippen molar-refractivity contribution in [3.05, 3.63) is 48.8 Å². The number of nitrogens with zero attached hydrogens (tertiary/aromatic N) is 4. The van der Waals surface area contributed by atoms with E-state index in [9.17, 15) is 0 Å². The summed E-state index contributed by atoms with van der Waals surface area (Å²) >= 11 is 0. The number of hydrogen-bond donors (Lipinski definition) is 1. The van der Waals surface area contributed by atoms with Crippen molar-refractivity contribution in [2.75, 3.05) is 0 Å². The van der Waals surface area contributed by atoms with Gasteiger partial charge in [0.05, 0.1) is 0 Å². The third-order valence-electron chi connectivity index (χ3n) is 2.29. The number of rotatable bonds is 2. The molecule has 2 heterocycles. The van der Waals surface area contributed by atoms with Crippen LogP contribution in [0.25, 0.3) is 23.0 Å². The molecule has 1 N–H and O–H groups in total. The lowest BCUT2D eigenvalue weighted by molar-refractivity contribution is 1.06. The van der Waals surface area contributed by atoms with Gasteiger partial charge in [-0.25, -0.2) is 15.0 Å². The van der Waals surface area contributed by atoms with E-state index < -0.39 is 0 Å². The molecule has 1 aromatic carbocycles. The summed E-state index contributed by atoms with van der Waals surface area (Å²) in [6, 6.07) is 11.5. The molecule has 0 aliphatic heterocycles. The molecule has 17 heavy (non-hydrogen) atoms. The number of aromatic nitrogens is 5. The van der Waals surface area contributed by atoms with Crippen LogP contribution in [0.4, 0.5) is 0 Å². The minimum Gasteiger partial charge on any atom is -0.256 e. The molecule has 0 aliphatic carbocycles. The maximum atomic E-state index is 4.36. The fraction of sp³-hybridized carbons (Fsp3) is 0. The van der Waals surface area contributed by atoms with Crippen molar-refractivity contribution in [1.29, 1.82) is 0 Å². The van der Waals surface area contributed by atoms with Crippen molar-refractivity contribution < 1.29 is 0 Å². The molecular weight excluding hydrogens is 214 g/mol. The standard InChI is InChI=1S/C12H9N5/c1-2-5-9(6-3-1)10-15-12(17-16-10)11-13-7-4-8-14-11/h1-8H,(H,15,16,17). The molecule has 3 rings (SSSR count). The van der Waals surface area contributed by atoms with Gasteiger partial charge >= 0.3 is 0 Å². The fourth-order valence-electron chi connectivity index (χ4n) is 1.50.